The summed E-state index contributed by atoms with van der Waals surface area (Å²) in [7, 11) is 0. The van der Waals surface area contributed by atoms with E-state index in [1.807, 2.05) is 0 Å². The molecule has 6 nitrogen and oxygen atoms in total. The van der Waals surface area contributed by atoms with Gasteiger partial charge in [-0.05, 0) is 36.8 Å². The lowest BCUT2D eigenvalue weighted by Crippen LogP contribution is -2.37. The number of amides is 2. The number of furan rings is 1. The molecule has 1 aromatic carbocycles. The van der Waals surface area contributed by atoms with E-state index >= 15 is 0 Å². The van der Waals surface area contributed by atoms with E-state index in [-0.39, 0.29) is 6.54 Å². The van der Waals surface area contributed by atoms with Crippen LogP contribution in [0.5, 0.6) is 0 Å². The number of hydrogen-bond donors (Lipinski definition) is 2. The minimum atomic E-state index is -0.854. The van der Waals surface area contributed by atoms with Crippen LogP contribution in [-0.4, -0.2) is 17.5 Å². The molecule has 1 aromatic heterocycles. The minimum Gasteiger partial charge on any atom is -0.467 e. The van der Waals surface area contributed by atoms with Crippen molar-refractivity contribution in [2.24, 2.45) is 5.10 Å². The molecule has 0 unspecified atom stereocenters. The predicted octanol–water partition coefficient (Wildman–Crippen LogP) is 2.09. The molecule has 7 heteroatoms. The largest absolute Gasteiger partial charge is 0.467 e. The molecule has 0 saturated heterocycles. The van der Waals surface area contributed by atoms with Crippen LogP contribution in [0, 0.1) is 0 Å². The maximum absolute atomic E-state index is 11.6. The molecule has 0 aliphatic carbocycles. The molecule has 0 saturated carbocycles. The number of hydrazone groups is 1. The number of carbonyl (C=O) groups is 2. The van der Waals surface area contributed by atoms with Gasteiger partial charge in [0, 0.05) is 5.02 Å². The topological polar surface area (TPSA) is 83.7 Å². The van der Waals surface area contributed by atoms with E-state index in [1.165, 1.54) is 6.26 Å². The fraction of sp³-hybridized carbons (Fsp3) is 0.133. The highest BCUT2D eigenvalue weighted by molar-refractivity contribution is 6.35. The summed E-state index contributed by atoms with van der Waals surface area (Å²) >= 11 is 5.88. The highest BCUT2D eigenvalue weighted by atomic mass is 35.5. The Labute approximate surface area is 132 Å². The van der Waals surface area contributed by atoms with E-state index in [2.05, 4.69) is 15.8 Å². The minimum absolute atomic E-state index is 0.135. The van der Waals surface area contributed by atoms with Crippen LogP contribution in [0.4, 0.5) is 0 Å². The summed E-state index contributed by atoms with van der Waals surface area (Å²) in [5.74, 6) is -1.09. The summed E-state index contributed by atoms with van der Waals surface area (Å²) in [4.78, 5) is 23.2. The van der Waals surface area contributed by atoms with Gasteiger partial charge in [-0.2, -0.15) is 5.10 Å². The molecular weight excluding hydrogens is 306 g/mol. The third-order valence-corrected chi connectivity index (χ3v) is 3.01. The SMILES string of the molecule is C/C(=N\NC(=O)C(=O)NCc1ccco1)c1cccc(Cl)c1. The Morgan fingerprint density at radius 1 is 1.23 bits per heavy atom. The second-order valence-electron chi connectivity index (χ2n) is 4.41. The van der Waals surface area contributed by atoms with Crippen LogP contribution in [0.3, 0.4) is 0 Å². The van der Waals surface area contributed by atoms with Crippen LogP contribution in [-0.2, 0) is 16.1 Å². The second kappa shape index (κ2) is 7.42. The summed E-state index contributed by atoms with van der Waals surface area (Å²) in [6.45, 7) is 1.84. The van der Waals surface area contributed by atoms with Crippen LogP contribution in [0.1, 0.15) is 18.2 Å². The summed E-state index contributed by atoms with van der Waals surface area (Å²) < 4.78 is 5.04. The summed E-state index contributed by atoms with van der Waals surface area (Å²) in [5.41, 5.74) is 3.48. The number of rotatable bonds is 4. The Morgan fingerprint density at radius 2 is 2.05 bits per heavy atom. The normalized spacial score (nSPS) is 11.1. The van der Waals surface area contributed by atoms with E-state index in [0.29, 0.717) is 16.5 Å². The molecular formula is C15H14ClN3O3. The van der Waals surface area contributed by atoms with Crippen molar-refractivity contribution >= 4 is 29.1 Å². The number of halogens is 1. The predicted molar refractivity (Wildman–Crippen MR) is 82.4 cm³/mol. The number of nitrogens with one attached hydrogen (secondary N) is 2. The molecule has 22 heavy (non-hydrogen) atoms. The van der Waals surface area contributed by atoms with Crippen LogP contribution in [0.15, 0.2) is 52.2 Å². The second-order valence-corrected chi connectivity index (χ2v) is 4.85. The van der Waals surface area contributed by atoms with Crippen molar-refractivity contribution in [3.63, 3.8) is 0 Å². The highest BCUT2D eigenvalue weighted by Gasteiger charge is 2.13. The maximum Gasteiger partial charge on any atom is 0.329 e. The lowest BCUT2D eigenvalue weighted by Gasteiger charge is -2.04. The third kappa shape index (κ3) is 4.46. The number of carbonyl (C=O) groups excluding carboxylic acids is 2. The zero-order valence-corrected chi connectivity index (χ0v) is 12.6. The van der Waals surface area contributed by atoms with Crippen molar-refractivity contribution in [3.8, 4) is 0 Å². The van der Waals surface area contributed by atoms with Crippen molar-refractivity contribution in [3.05, 3.63) is 59.0 Å². The Kier molecular flexibility index (Phi) is 5.32. The van der Waals surface area contributed by atoms with Gasteiger partial charge in [0.05, 0.1) is 18.5 Å². The Balaban J connectivity index is 1.88. The van der Waals surface area contributed by atoms with E-state index in [4.69, 9.17) is 16.0 Å². The molecule has 2 amide bonds. The molecule has 2 N–H and O–H groups in total. The zero-order valence-electron chi connectivity index (χ0n) is 11.8. The first-order valence-corrected chi connectivity index (χ1v) is 6.85. The summed E-state index contributed by atoms with van der Waals surface area (Å²) in [6.07, 6.45) is 1.49. The van der Waals surface area contributed by atoms with Crippen molar-refractivity contribution in [2.45, 2.75) is 13.5 Å². The Morgan fingerprint density at radius 3 is 2.73 bits per heavy atom. The van der Waals surface area contributed by atoms with Crippen LogP contribution in [0.2, 0.25) is 5.02 Å². The lowest BCUT2D eigenvalue weighted by molar-refractivity contribution is -0.139. The van der Waals surface area contributed by atoms with Gasteiger partial charge in [0.2, 0.25) is 0 Å². The molecule has 114 valence electrons. The summed E-state index contributed by atoms with van der Waals surface area (Å²) in [5, 5.41) is 6.86. The zero-order chi connectivity index (χ0) is 15.9. The average Bonchev–Trinajstić information content (AvgIpc) is 3.03. The van der Waals surface area contributed by atoms with E-state index < -0.39 is 11.8 Å². The molecule has 0 spiro atoms. The molecule has 1 heterocycles. The average molecular weight is 320 g/mol. The van der Waals surface area contributed by atoms with E-state index in [0.717, 1.165) is 5.56 Å². The number of nitrogens with zero attached hydrogens (tertiary/aromatic N) is 1. The monoisotopic (exact) mass is 319 g/mol. The molecule has 0 aliphatic rings. The van der Waals surface area contributed by atoms with Gasteiger partial charge in [-0.1, -0.05) is 23.7 Å². The van der Waals surface area contributed by atoms with E-state index in [1.54, 1.807) is 43.3 Å². The first-order chi connectivity index (χ1) is 10.6. The van der Waals surface area contributed by atoms with Gasteiger partial charge in [-0.25, -0.2) is 5.43 Å². The number of benzene rings is 1. The van der Waals surface area contributed by atoms with Crippen LogP contribution in [0.25, 0.3) is 0 Å². The van der Waals surface area contributed by atoms with Gasteiger partial charge >= 0.3 is 11.8 Å². The molecule has 0 aliphatic heterocycles. The van der Waals surface area contributed by atoms with Gasteiger partial charge in [0.1, 0.15) is 5.76 Å². The molecule has 2 rings (SSSR count). The molecule has 0 radical (unpaired) electrons. The molecule has 0 fully saturated rings. The highest BCUT2D eigenvalue weighted by Crippen LogP contribution is 2.11. The van der Waals surface area contributed by atoms with Crippen molar-refractivity contribution in [1.29, 1.82) is 0 Å². The van der Waals surface area contributed by atoms with Crippen molar-refractivity contribution in [1.82, 2.24) is 10.7 Å². The van der Waals surface area contributed by atoms with Gasteiger partial charge in [0.25, 0.3) is 0 Å². The van der Waals surface area contributed by atoms with Crippen LogP contribution >= 0.6 is 11.6 Å². The Bertz CT molecular complexity index is 696. The first kappa shape index (κ1) is 15.8. The standard InChI is InChI=1S/C15H14ClN3O3/c1-10(11-4-2-5-12(16)8-11)18-19-15(21)14(20)17-9-13-6-3-7-22-13/h2-8H,9H2,1H3,(H,17,20)(H,19,21)/b18-10+. The third-order valence-electron chi connectivity index (χ3n) is 2.78. The van der Waals surface area contributed by atoms with Gasteiger partial charge in [-0.3, -0.25) is 9.59 Å². The van der Waals surface area contributed by atoms with Gasteiger partial charge in [-0.15, -0.1) is 0 Å². The van der Waals surface area contributed by atoms with Crippen molar-refractivity contribution in [2.75, 3.05) is 0 Å². The maximum atomic E-state index is 11.6. The molecule has 0 bridgehead atoms. The smallest absolute Gasteiger partial charge is 0.329 e. The Hall–Kier alpha value is -2.60. The van der Waals surface area contributed by atoms with Crippen LogP contribution < -0.4 is 10.7 Å². The number of hydrogen-bond acceptors (Lipinski definition) is 4. The van der Waals surface area contributed by atoms with Gasteiger partial charge < -0.3 is 9.73 Å². The fourth-order valence-corrected chi connectivity index (χ4v) is 1.81. The summed E-state index contributed by atoms with van der Waals surface area (Å²) in [6, 6.07) is 10.4. The molecule has 0 atom stereocenters. The molecule has 2 aromatic rings. The van der Waals surface area contributed by atoms with E-state index in [9.17, 15) is 9.59 Å². The quantitative estimate of drug-likeness (QED) is 0.514. The fourth-order valence-electron chi connectivity index (χ4n) is 1.62. The lowest BCUT2D eigenvalue weighted by atomic mass is 10.1. The van der Waals surface area contributed by atoms with Crippen molar-refractivity contribution < 1.29 is 14.0 Å². The van der Waals surface area contributed by atoms with Gasteiger partial charge in [0.15, 0.2) is 0 Å². The first-order valence-electron chi connectivity index (χ1n) is 6.47.